The molecule has 0 radical (unpaired) electrons. The minimum Gasteiger partial charge on any atom is -0.233 e. The number of hydrogen-bond acceptors (Lipinski definition) is 2. The topological polar surface area (TPSA) is 17.1 Å². The van der Waals surface area contributed by atoms with Crippen LogP contribution in [0.15, 0.2) is 15.9 Å². The third-order valence-corrected chi connectivity index (χ3v) is 1.96. The van der Waals surface area contributed by atoms with Gasteiger partial charge in [0.05, 0.1) is 4.91 Å². The van der Waals surface area contributed by atoms with E-state index in [4.69, 9.17) is 0 Å². The predicted molar refractivity (Wildman–Crippen MR) is 35.2 cm³/mol. The van der Waals surface area contributed by atoms with E-state index in [9.17, 15) is 4.79 Å². The molecule has 0 aliphatic carbocycles. The Morgan fingerprint density at radius 2 is 2.62 bits per heavy atom. The Balaban J connectivity index is 2.69. The third kappa shape index (κ3) is 1.03. The van der Waals surface area contributed by atoms with Gasteiger partial charge < -0.3 is 0 Å². The van der Waals surface area contributed by atoms with Crippen LogP contribution in [0, 0.1) is 0 Å². The summed E-state index contributed by atoms with van der Waals surface area (Å²) in [4.78, 5) is 12.0. The summed E-state index contributed by atoms with van der Waals surface area (Å²) in [6, 6.07) is 0. The van der Waals surface area contributed by atoms with Crippen molar-refractivity contribution in [1.29, 1.82) is 0 Å². The fraction of sp³-hybridized carbons (Fsp3) is 0.333. The van der Waals surface area contributed by atoms with Crippen LogP contribution in [0.3, 0.4) is 0 Å². The van der Waals surface area contributed by atoms with E-state index in [2.05, 4.69) is 0 Å². The summed E-state index contributed by atoms with van der Waals surface area (Å²) in [5.41, 5.74) is 0. The van der Waals surface area contributed by atoms with Gasteiger partial charge >= 0.3 is 0 Å². The summed E-state index contributed by atoms with van der Waals surface area (Å²) in [5.74, 6) is 1.87. The van der Waals surface area contributed by atoms with Crippen molar-refractivity contribution in [2.45, 2.75) is 13.3 Å². The Morgan fingerprint density at radius 1 is 1.88 bits per heavy atom. The van der Waals surface area contributed by atoms with Gasteiger partial charge in [-0.2, -0.15) is 0 Å². The number of allylic oxidation sites excluding steroid dienone is 3. The maximum atomic E-state index is 9.94. The molecule has 0 N–H and O–H groups in total. The summed E-state index contributed by atoms with van der Waals surface area (Å²) in [5, 5.41) is 0. The molecule has 0 bridgehead atoms. The highest BCUT2D eigenvalue weighted by atomic mass is 32.2. The van der Waals surface area contributed by atoms with Crippen molar-refractivity contribution < 1.29 is 4.79 Å². The maximum Gasteiger partial charge on any atom is 0.135 e. The molecule has 0 spiro atoms. The predicted octanol–water partition coefficient (Wildman–Crippen LogP) is 1.74. The minimum absolute atomic E-state index is 0.792. The molecule has 1 nitrogen and oxygen atoms in total. The maximum absolute atomic E-state index is 9.94. The van der Waals surface area contributed by atoms with Crippen LogP contribution in [-0.4, -0.2) is 5.94 Å². The van der Waals surface area contributed by atoms with Crippen molar-refractivity contribution in [3.8, 4) is 0 Å². The van der Waals surface area contributed by atoms with Crippen molar-refractivity contribution >= 4 is 17.7 Å². The first-order valence-electron chi connectivity index (χ1n) is 2.41. The molecule has 42 valence electrons. The van der Waals surface area contributed by atoms with Gasteiger partial charge in [-0.15, -0.1) is 0 Å². The quantitative estimate of drug-likeness (QED) is 0.460. The van der Waals surface area contributed by atoms with Gasteiger partial charge in [0.15, 0.2) is 0 Å². The lowest BCUT2D eigenvalue weighted by atomic mass is 10.4. The Hall–Kier alpha value is -0.460. The number of thioether (sulfide) groups is 1. The molecule has 1 rings (SSSR count). The second-order valence-electron chi connectivity index (χ2n) is 1.65. The Kier molecular flexibility index (Phi) is 1.56. The molecule has 1 heterocycles. The summed E-state index contributed by atoms with van der Waals surface area (Å²) in [7, 11) is 0. The third-order valence-electron chi connectivity index (χ3n) is 0.973. The molecule has 0 saturated heterocycles. The Bertz CT molecular complexity index is 175. The molecule has 0 aromatic carbocycles. The summed E-state index contributed by atoms with van der Waals surface area (Å²) in [6.07, 6.45) is 2.82. The summed E-state index contributed by atoms with van der Waals surface area (Å²) >= 11 is 1.52. The highest BCUT2D eigenvalue weighted by molar-refractivity contribution is 8.07. The molecular formula is C6H6OS. The molecule has 0 unspecified atom stereocenters. The molecule has 0 atom stereocenters. The average molecular weight is 126 g/mol. The van der Waals surface area contributed by atoms with Gasteiger partial charge in [0.1, 0.15) is 5.94 Å². The van der Waals surface area contributed by atoms with E-state index in [1.165, 1.54) is 16.7 Å². The molecule has 0 amide bonds. The van der Waals surface area contributed by atoms with E-state index >= 15 is 0 Å². The van der Waals surface area contributed by atoms with Gasteiger partial charge in [-0.1, -0.05) is 17.8 Å². The fourth-order valence-corrected chi connectivity index (χ4v) is 1.34. The SMILES string of the molecule is CC1=CCC(=C=O)S1. The standard InChI is InChI=1S/C6H6OS/c1-5-2-3-6(4-7)8-5/h2H,3H2,1H3. The van der Waals surface area contributed by atoms with E-state index in [1.807, 2.05) is 18.9 Å². The van der Waals surface area contributed by atoms with Crippen LogP contribution < -0.4 is 0 Å². The van der Waals surface area contributed by atoms with E-state index in [0.29, 0.717) is 0 Å². The molecule has 0 aromatic heterocycles. The van der Waals surface area contributed by atoms with Gasteiger partial charge in [-0.05, 0) is 11.8 Å². The van der Waals surface area contributed by atoms with Gasteiger partial charge in [-0.3, -0.25) is 0 Å². The summed E-state index contributed by atoms with van der Waals surface area (Å²) in [6.45, 7) is 2.00. The second-order valence-corrected chi connectivity index (χ2v) is 2.99. The average Bonchev–Trinajstić information content (AvgIpc) is 2.14. The molecule has 0 aromatic rings. The van der Waals surface area contributed by atoms with Gasteiger partial charge in [0, 0.05) is 6.42 Å². The van der Waals surface area contributed by atoms with E-state index in [0.717, 1.165) is 11.3 Å². The van der Waals surface area contributed by atoms with E-state index in [-0.39, 0.29) is 0 Å². The number of carbonyl (C=O) groups excluding carboxylic acids is 1. The van der Waals surface area contributed by atoms with Crippen LogP contribution >= 0.6 is 11.8 Å². The molecular weight excluding hydrogens is 120 g/mol. The van der Waals surface area contributed by atoms with Crippen LogP contribution in [0.1, 0.15) is 13.3 Å². The van der Waals surface area contributed by atoms with Crippen molar-refractivity contribution in [2.24, 2.45) is 0 Å². The van der Waals surface area contributed by atoms with E-state index < -0.39 is 0 Å². The Labute approximate surface area is 52.5 Å². The van der Waals surface area contributed by atoms with Gasteiger partial charge in [0.2, 0.25) is 0 Å². The fourth-order valence-electron chi connectivity index (χ4n) is 0.577. The van der Waals surface area contributed by atoms with Crippen LogP contribution in [-0.2, 0) is 4.79 Å². The first-order valence-corrected chi connectivity index (χ1v) is 3.23. The molecule has 8 heavy (non-hydrogen) atoms. The number of hydrogen-bond donors (Lipinski definition) is 0. The first-order chi connectivity index (χ1) is 3.83. The molecule has 1 aliphatic rings. The molecule has 2 heteroatoms. The normalized spacial score (nSPS) is 18.1. The van der Waals surface area contributed by atoms with Crippen LogP contribution in [0.25, 0.3) is 0 Å². The van der Waals surface area contributed by atoms with Crippen molar-refractivity contribution in [3.05, 3.63) is 15.9 Å². The molecule has 0 saturated carbocycles. The van der Waals surface area contributed by atoms with Crippen LogP contribution in [0.4, 0.5) is 0 Å². The van der Waals surface area contributed by atoms with Gasteiger partial charge in [-0.25, -0.2) is 4.79 Å². The summed E-state index contributed by atoms with van der Waals surface area (Å²) < 4.78 is 0. The van der Waals surface area contributed by atoms with Crippen molar-refractivity contribution in [1.82, 2.24) is 0 Å². The van der Waals surface area contributed by atoms with Crippen LogP contribution in [0.5, 0.6) is 0 Å². The zero-order valence-corrected chi connectivity index (χ0v) is 5.42. The Morgan fingerprint density at radius 3 is 2.88 bits per heavy atom. The van der Waals surface area contributed by atoms with Crippen molar-refractivity contribution in [3.63, 3.8) is 0 Å². The first kappa shape index (κ1) is 5.67. The molecule has 0 fully saturated rings. The number of rotatable bonds is 0. The van der Waals surface area contributed by atoms with Gasteiger partial charge in [0.25, 0.3) is 0 Å². The lowest BCUT2D eigenvalue weighted by molar-refractivity contribution is 0.568. The smallest absolute Gasteiger partial charge is 0.135 e. The zero-order valence-electron chi connectivity index (χ0n) is 4.60. The second kappa shape index (κ2) is 2.21. The highest BCUT2D eigenvalue weighted by Gasteiger charge is 2.05. The largest absolute Gasteiger partial charge is 0.233 e. The monoisotopic (exact) mass is 126 g/mol. The van der Waals surface area contributed by atoms with Crippen molar-refractivity contribution in [2.75, 3.05) is 0 Å². The lowest BCUT2D eigenvalue weighted by Gasteiger charge is -1.83. The molecule has 1 aliphatic heterocycles. The van der Waals surface area contributed by atoms with Crippen LogP contribution in [0.2, 0.25) is 0 Å². The highest BCUT2D eigenvalue weighted by Crippen LogP contribution is 2.32. The minimum atomic E-state index is 0.792. The van der Waals surface area contributed by atoms with E-state index in [1.54, 1.807) is 0 Å². The zero-order chi connectivity index (χ0) is 5.98. The lowest BCUT2D eigenvalue weighted by Crippen LogP contribution is -1.63.